The van der Waals surface area contributed by atoms with Crippen LogP contribution in [0, 0.1) is 0 Å². The normalized spacial score (nSPS) is 13.3. The number of imidazole rings is 1. The van der Waals surface area contributed by atoms with Crippen molar-refractivity contribution in [2.75, 3.05) is 6.61 Å². The molecule has 2 aromatic heterocycles. The first-order chi connectivity index (χ1) is 9.42. The molecule has 0 bridgehead atoms. The summed E-state index contributed by atoms with van der Waals surface area (Å²) in [7, 11) is 0. The highest BCUT2D eigenvalue weighted by Crippen LogP contribution is 2.35. The molecule has 0 aliphatic carbocycles. The summed E-state index contributed by atoms with van der Waals surface area (Å²) in [5.74, 6) is 2.20. The van der Waals surface area contributed by atoms with Crippen molar-refractivity contribution >= 4 is 0 Å². The minimum Gasteiger partial charge on any atom is -0.492 e. The van der Waals surface area contributed by atoms with Crippen molar-refractivity contribution < 1.29 is 4.74 Å². The molecule has 19 heavy (non-hydrogen) atoms. The van der Waals surface area contributed by atoms with Gasteiger partial charge in [0.2, 0.25) is 0 Å². The van der Waals surface area contributed by atoms with E-state index in [1.165, 1.54) is 5.56 Å². The zero-order valence-corrected chi connectivity index (χ0v) is 10.1. The van der Waals surface area contributed by atoms with Crippen molar-refractivity contribution in [3.63, 3.8) is 0 Å². The molecule has 3 heterocycles. The number of aromatic nitrogens is 5. The molecule has 6 nitrogen and oxygen atoms in total. The van der Waals surface area contributed by atoms with E-state index in [4.69, 9.17) is 4.74 Å². The molecule has 94 valence electrons. The second-order valence-electron chi connectivity index (χ2n) is 4.35. The first-order valence-electron chi connectivity index (χ1n) is 6.07. The number of benzene rings is 1. The standard InChI is InChI=1S/C13H11N5O/c1-2-9-4-7-19-11(9)10(3-1)12-15-13(17-16-12)18-6-5-14-8-18/h1-3,5-6,8H,4,7H2,(H,15,16,17). The molecule has 0 fully saturated rings. The lowest BCUT2D eigenvalue weighted by molar-refractivity contribution is 0.358. The molecule has 0 spiro atoms. The molecule has 3 aromatic rings. The van der Waals surface area contributed by atoms with Crippen LogP contribution >= 0.6 is 0 Å². The number of nitrogens with zero attached hydrogens (tertiary/aromatic N) is 4. The lowest BCUT2D eigenvalue weighted by Crippen LogP contribution is -1.92. The van der Waals surface area contributed by atoms with Crippen molar-refractivity contribution in [3.8, 4) is 23.1 Å². The molecule has 1 aliphatic rings. The van der Waals surface area contributed by atoms with Gasteiger partial charge < -0.3 is 4.74 Å². The number of ether oxygens (including phenoxy) is 1. The van der Waals surface area contributed by atoms with Gasteiger partial charge in [0.25, 0.3) is 5.95 Å². The van der Waals surface area contributed by atoms with Gasteiger partial charge in [-0.15, -0.1) is 5.10 Å². The van der Waals surface area contributed by atoms with Gasteiger partial charge in [0.1, 0.15) is 12.1 Å². The van der Waals surface area contributed by atoms with E-state index in [1.807, 2.05) is 12.1 Å². The molecule has 1 N–H and O–H groups in total. The number of hydrogen-bond acceptors (Lipinski definition) is 4. The number of fused-ring (bicyclic) bond motifs is 1. The molecule has 1 aliphatic heterocycles. The Bertz CT molecular complexity index is 716. The summed E-state index contributed by atoms with van der Waals surface area (Å²) >= 11 is 0. The molecular formula is C13H11N5O. The zero-order chi connectivity index (χ0) is 12.7. The van der Waals surface area contributed by atoms with Crippen LogP contribution in [0.15, 0.2) is 36.9 Å². The Labute approximate surface area is 109 Å². The molecule has 0 radical (unpaired) electrons. The molecule has 0 atom stereocenters. The lowest BCUT2D eigenvalue weighted by Gasteiger charge is -2.04. The van der Waals surface area contributed by atoms with Crippen LogP contribution in [0.2, 0.25) is 0 Å². The van der Waals surface area contributed by atoms with Crippen LogP contribution in [-0.4, -0.2) is 31.3 Å². The third-order valence-electron chi connectivity index (χ3n) is 3.18. The highest BCUT2D eigenvalue weighted by atomic mass is 16.5. The number of rotatable bonds is 2. The summed E-state index contributed by atoms with van der Waals surface area (Å²) in [6, 6.07) is 6.09. The van der Waals surface area contributed by atoms with Crippen LogP contribution in [0.4, 0.5) is 0 Å². The minimum atomic E-state index is 0.572. The van der Waals surface area contributed by atoms with Crippen molar-refractivity contribution in [1.82, 2.24) is 24.7 Å². The highest BCUT2D eigenvalue weighted by molar-refractivity contribution is 5.67. The monoisotopic (exact) mass is 253 g/mol. The van der Waals surface area contributed by atoms with Crippen LogP contribution in [-0.2, 0) is 6.42 Å². The van der Waals surface area contributed by atoms with E-state index < -0.39 is 0 Å². The Kier molecular flexibility index (Phi) is 2.14. The van der Waals surface area contributed by atoms with E-state index in [2.05, 4.69) is 26.2 Å². The molecule has 0 saturated heterocycles. The lowest BCUT2D eigenvalue weighted by atomic mass is 10.1. The molecule has 6 heteroatoms. The van der Waals surface area contributed by atoms with Gasteiger partial charge in [-0.1, -0.05) is 12.1 Å². The predicted octanol–water partition coefficient (Wildman–Crippen LogP) is 1.59. The van der Waals surface area contributed by atoms with Gasteiger partial charge in [-0.3, -0.25) is 9.67 Å². The second kappa shape index (κ2) is 3.94. The summed E-state index contributed by atoms with van der Waals surface area (Å²) < 4.78 is 7.43. The second-order valence-corrected chi connectivity index (χ2v) is 4.35. The maximum atomic E-state index is 5.68. The summed E-state index contributed by atoms with van der Waals surface area (Å²) in [5.41, 5.74) is 2.17. The van der Waals surface area contributed by atoms with Crippen LogP contribution in [0.25, 0.3) is 17.3 Å². The topological polar surface area (TPSA) is 68.6 Å². The van der Waals surface area contributed by atoms with E-state index in [1.54, 1.807) is 23.3 Å². The van der Waals surface area contributed by atoms with Crippen LogP contribution < -0.4 is 4.74 Å². The summed E-state index contributed by atoms with van der Waals surface area (Å²) in [5, 5.41) is 7.14. The average Bonchev–Trinajstić information content (AvgIpc) is 3.18. The fourth-order valence-corrected chi connectivity index (χ4v) is 2.27. The molecule has 0 saturated carbocycles. The van der Waals surface area contributed by atoms with Gasteiger partial charge in [0.05, 0.1) is 12.2 Å². The van der Waals surface area contributed by atoms with Crippen molar-refractivity contribution in [2.45, 2.75) is 6.42 Å². The Hall–Kier alpha value is -2.63. The van der Waals surface area contributed by atoms with Crippen LogP contribution in [0.1, 0.15) is 5.56 Å². The SMILES string of the molecule is c1cc2c(c(-c3nc(-n4ccnc4)n[nH]3)c1)OCC2. The van der Waals surface area contributed by atoms with Crippen LogP contribution in [0.3, 0.4) is 0 Å². The predicted molar refractivity (Wildman–Crippen MR) is 68.1 cm³/mol. The first kappa shape index (κ1) is 10.3. The molecule has 1 aromatic carbocycles. The van der Waals surface area contributed by atoms with Gasteiger partial charge in [0.15, 0.2) is 5.82 Å². The van der Waals surface area contributed by atoms with Gasteiger partial charge in [-0.2, -0.15) is 4.98 Å². The van der Waals surface area contributed by atoms with Gasteiger partial charge in [-0.05, 0) is 11.6 Å². The smallest absolute Gasteiger partial charge is 0.254 e. The first-order valence-corrected chi connectivity index (χ1v) is 6.07. The quantitative estimate of drug-likeness (QED) is 0.753. The number of H-pyrrole nitrogens is 1. The number of nitrogens with one attached hydrogen (secondary N) is 1. The summed E-state index contributed by atoms with van der Waals surface area (Å²) in [4.78, 5) is 8.46. The summed E-state index contributed by atoms with van der Waals surface area (Å²) in [6.07, 6.45) is 6.11. The Morgan fingerprint density at radius 1 is 1.32 bits per heavy atom. The maximum absolute atomic E-state index is 5.68. The van der Waals surface area contributed by atoms with Crippen LogP contribution in [0.5, 0.6) is 5.75 Å². The molecule has 0 unspecified atom stereocenters. The van der Waals surface area contributed by atoms with E-state index >= 15 is 0 Å². The number of hydrogen-bond donors (Lipinski definition) is 1. The highest BCUT2D eigenvalue weighted by Gasteiger charge is 2.19. The number of aromatic amines is 1. The fraction of sp³-hybridized carbons (Fsp3) is 0.154. The Morgan fingerprint density at radius 3 is 3.21 bits per heavy atom. The number of para-hydroxylation sites is 1. The largest absolute Gasteiger partial charge is 0.492 e. The zero-order valence-electron chi connectivity index (χ0n) is 10.1. The molecular weight excluding hydrogens is 242 g/mol. The fourth-order valence-electron chi connectivity index (χ4n) is 2.27. The Morgan fingerprint density at radius 2 is 2.32 bits per heavy atom. The average molecular weight is 253 g/mol. The van der Waals surface area contributed by atoms with Gasteiger partial charge in [-0.25, -0.2) is 4.98 Å². The van der Waals surface area contributed by atoms with E-state index in [0.717, 1.165) is 24.3 Å². The van der Waals surface area contributed by atoms with E-state index in [-0.39, 0.29) is 0 Å². The maximum Gasteiger partial charge on any atom is 0.254 e. The van der Waals surface area contributed by atoms with Crippen molar-refractivity contribution in [2.24, 2.45) is 0 Å². The molecule has 0 amide bonds. The Balaban J connectivity index is 1.80. The van der Waals surface area contributed by atoms with Crippen molar-refractivity contribution in [3.05, 3.63) is 42.5 Å². The van der Waals surface area contributed by atoms with E-state index in [9.17, 15) is 0 Å². The third-order valence-corrected chi connectivity index (χ3v) is 3.18. The van der Waals surface area contributed by atoms with Gasteiger partial charge in [0, 0.05) is 18.8 Å². The third kappa shape index (κ3) is 1.61. The minimum absolute atomic E-state index is 0.572. The van der Waals surface area contributed by atoms with Gasteiger partial charge >= 0.3 is 0 Å². The van der Waals surface area contributed by atoms with Crippen molar-refractivity contribution in [1.29, 1.82) is 0 Å². The molecule has 4 rings (SSSR count). The van der Waals surface area contributed by atoms with E-state index in [0.29, 0.717) is 11.8 Å². The summed E-state index contributed by atoms with van der Waals surface area (Å²) in [6.45, 7) is 0.731.